The van der Waals surface area contributed by atoms with Gasteiger partial charge in [-0.1, -0.05) is 0 Å². The average molecular weight is 132 g/mol. The summed E-state index contributed by atoms with van der Waals surface area (Å²) in [5.74, 6) is -2.61. The molecule has 0 fully saturated rings. The van der Waals surface area contributed by atoms with Crippen LogP contribution >= 0.6 is 0 Å². The summed E-state index contributed by atoms with van der Waals surface area (Å²) in [7, 11) is 0. The predicted molar refractivity (Wildman–Crippen MR) is 25.8 cm³/mol. The van der Waals surface area contributed by atoms with Crippen molar-refractivity contribution < 1.29 is 24.7 Å². The fourth-order valence-electron chi connectivity index (χ4n) is 0.116. The van der Waals surface area contributed by atoms with Crippen molar-refractivity contribution in [3.8, 4) is 0 Å². The Kier molecular flexibility index (Phi) is 5.64. The molecule has 0 saturated carbocycles. The highest BCUT2D eigenvalue weighted by Gasteiger charge is 2.08. The molecule has 0 aliphatic rings. The Bertz CT molecular complexity index is 129. The van der Waals surface area contributed by atoms with Gasteiger partial charge in [0, 0.05) is 0 Å². The molecule has 0 aromatic carbocycles. The Morgan fingerprint density at radius 3 is 1.22 bits per heavy atom. The van der Waals surface area contributed by atoms with Crippen LogP contribution in [0.3, 0.4) is 0 Å². The van der Waals surface area contributed by atoms with Crippen molar-refractivity contribution in [3.63, 3.8) is 0 Å². The van der Waals surface area contributed by atoms with Gasteiger partial charge in [0.15, 0.2) is 12.6 Å². The van der Waals surface area contributed by atoms with E-state index in [0.29, 0.717) is 0 Å². The molecule has 0 heterocycles. The van der Waals surface area contributed by atoms with Crippen LogP contribution in [0.2, 0.25) is 0 Å². The maximum atomic E-state index is 9.79. The first-order valence-corrected chi connectivity index (χ1v) is 1.71. The summed E-state index contributed by atoms with van der Waals surface area (Å²) in [6, 6.07) is 0. The largest absolute Gasteiger partial charge is 0.412 e. The lowest BCUT2D eigenvalue weighted by molar-refractivity contribution is -0.142. The molecule has 0 aliphatic carbocycles. The zero-order valence-electron chi connectivity index (χ0n) is 4.29. The highest BCUT2D eigenvalue weighted by Crippen LogP contribution is 1.62. The highest BCUT2D eigenvalue weighted by atomic mass is 16.2. The van der Waals surface area contributed by atoms with Crippen LogP contribution in [0.5, 0.6) is 0 Å². The Morgan fingerprint density at radius 1 is 0.889 bits per heavy atom. The van der Waals surface area contributed by atoms with Crippen LogP contribution in [-0.4, -0.2) is 29.6 Å². The third-order valence-corrected chi connectivity index (χ3v) is 0.457. The SMILES string of the molecule is O.O=CC(=O)C(=O)C=O. The number of hydrogen-bond acceptors (Lipinski definition) is 4. The van der Waals surface area contributed by atoms with Crippen molar-refractivity contribution in [2.75, 3.05) is 0 Å². The van der Waals surface area contributed by atoms with Crippen LogP contribution < -0.4 is 0 Å². The number of aldehydes is 2. The summed E-state index contributed by atoms with van der Waals surface area (Å²) in [6.45, 7) is 0. The molecule has 0 aromatic rings. The predicted octanol–water partition coefficient (Wildman–Crippen LogP) is -2.30. The fourth-order valence-corrected chi connectivity index (χ4v) is 0.116. The normalized spacial score (nSPS) is 6.67. The summed E-state index contributed by atoms with van der Waals surface area (Å²) in [4.78, 5) is 38.3. The van der Waals surface area contributed by atoms with Gasteiger partial charge in [0.25, 0.3) is 11.6 Å². The number of Topliss-reactive ketones (excluding diaryl/α,β-unsaturated/α-hetero) is 2. The first-order valence-electron chi connectivity index (χ1n) is 1.71. The minimum atomic E-state index is -1.31. The molecule has 9 heavy (non-hydrogen) atoms. The van der Waals surface area contributed by atoms with Crippen LogP contribution in [-0.2, 0) is 19.2 Å². The highest BCUT2D eigenvalue weighted by molar-refractivity contribution is 6.70. The smallest absolute Gasteiger partial charge is 0.268 e. The molecule has 0 spiro atoms. The Hall–Kier alpha value is -1.36. The number of rotatable bonds is 3. The van der Waals surface area contributed by atoms with Crippen LogP contribution in [0.15, 0.2) is 0 Å². The molecule has 5 nitrogen and oxygen atoms in total. The molecule has 0 bridgehead atoms. The van der Waals surface area contributed by atoms with Crippen LogP contribution in [0, 0.1) is 0 Å². The van der Waals surface area contributed by atoms with Crippen LogP contribution in [0.4, 0.5) is 0 Å². The Morgan fingerprint density at radius 2 is 1.11 bits per heavy atom. The van der Waals surface area contributed by atoms with Crippen molar-refractivity contribution in [2.24, 2.45) is 0 Å². The second kappa shape index (κ2) is 4.79. The molecule has 0 aliphatic heterocycles. The average Bonchev–Trinajstić information content (AvgIpc) is 1.84. The molecule has 0 aromatic heterocycles. The van der Waals surface area contributed by atoms with E-state index in [9.17, 15) is 19.2 Å². The standard InChI is InChI=1S/C4H2O4.H2O/c5-1-3(7)4(8)2-6;/h1-2H;1H2. The van der Waals surface area contributed by atoms with E-state index in [2.05, 4.69) is 0 Å². The lowest BCUT2D eigenvalue weighted by Gasteiger charge is -1.72. The first-order chi connectivity index (χ1) is 3.72. The first kappa shape index (κ1) is 10.6. The minimum absolute atomic E-state index is 0. The summed E-state index contributed by atoms with van der Waals surface area (Å²) in [5.41, 5.74) is 0. The van der Waals surface area contributed by atoms with E-state index in [4.69, 9.17) is 0 Å². The topological polar surface area (TPSA) is 99.8 Å². The van der Waals surface area contributed by atoms with Crippen molar-refractivity contribution in [2.45, 2.75) is 0 Å². The lowest BCUT2D eigenvalue weighted by atomic mass is 10.3. The van der Waals surface area contributed by atoms with Gasteiger partial charge in [0.05, 0.1) is 0 Å². The third-order valence-electron chi connectivity index (χ3n) is 0.457. The molecule has 5 heteroatoms. The molecular weight excluding hydrogens is 128 g/mol. The van der Waals surface area contributed by atoms with E-state index in [0.717, 1.165) is 0 Å². The second-order valence-corrected chi connectivity index (χ2v) is 0.964. The second-order valence-electron chi connectivity index (χ2n) is 0.964. The van der Waals surface area contributed by atoms with Crippen molar-refractivity contribution in [1.82, 2.24) is 0 Å². The van der Waals surface area contributed by atoms with E-state index in [1.165, 1.54) is 0 Å². The summed E-state index contributed by atoms with van der Waals surface area (Å²) in [5, 5.41) is 0. The van der Waals surface area contributed by atoms with Gasteiger partial charge in [-0.25, -0.2) is 0 Å². The molecule has 0 unspecified atom stereocenters. The number of hydrogen-bond donors (Lipinski definition) is 0. The molecule has 0 radical (unpaired) electrons. The summed E-state index contributed by atoms with van der Waals surface area (Å²) in [6.07, 6.45) is -0.395. The van der Waals surface area contributed by atoms with Gasteiger partial charge in [-0.3, -0.25) is 19.2 Å². The zero-order chi connectivity index (χ0) is 6.57. The van der Waals surface area contributed by atoms with E-state index in [-0.39, 0.29) is 18.0 Å². The Labute approximate surface area is 50.0 Å². The fraction of sp³-hybridized carbons (Fsp3) is 0. The van der Waals surface area contributed by atoms with Gasteiger partial charge in [-0.05, 0) is 0 Å². The quantitative estimate of drug-likeness (QED) is 0.245. The van der Waals surface area contributed by atoms with Gasteiger partial charge >= 0.3 is 0 Å². The monoisotopic (exact) mass is 132 g/mol. The zero-order valence-corrected chi connectivity index (χ0v) is 4.29. The van der Waals surface area contributed by atoms with Gasteiger partial charge in [0.2, 0.25) is 0 Å². The number of carbonyl (C=O) groups excluding carboxylic acids is 4. The molecular formula is C4H4O5. The number of ketones is 2. The maximum Gasteiger partial charge on any atom is 0.268 e. The van der Waals surface area contributed by atoms with Crippen LogP contribution in [0.25, 0.3) is 0 Å². The van der Waals surface area contributed by atoms with Crippen molar-refractivity contribution >= 4 is 24.1 Å². The molecule has 0 rings (SSSR count). The minimum Gasteiger partial charge on any atom is -0.412 e. The third kappa shape index (κ3) is 3.24. The van der Waals surface area contributed by atoms with E-state index < -0.39 is 11.6 Å². The van der Waals surface area contributed by atoms with Crippen molar-refractivity contribution in [1.29, 1.82) is 0 Å². The lowest BCUT2D eigenvalue weighted by Crippen LogP contribution is -2.15. The van der Waals surface area contributed by atoms with Crippen LogP contribution in [0.1, 0.15) is 0 Å². The van der Waals surface area contributed by atoms with E-state index in [1.807, 2.05) is 0 Å². The molecule has 0 saturated heterocycles. The van der Waals surface area contributed by atoms with Gasteiger partial charge in [-0.2, -0.15) is 0 Å². The number of carbonyl (C=O) groups is 4. The maximum absolute atomic E-state index is 9.79. The van der Waals surface area contributed by atoms with Gasteiger partial charge < -0.3 is 5.48 Å². The van der Waals surface area contributed by atoms with E-state index in [1.54, 1.807) is 0 Å². The Balaban J connectivity index is 0. The van der Waals surface area contributed by atoms with E-state index >= 15 is 0 Å². The van der Waals surface area contributed by atoms with Crippen molar-refractivity contribution in [3.05, 3.63) is 0 Å². The summed E-state index contributed by atoms with van der Waals surface area (Å²) >= 11 is 0. The molecule has 0 amide bonds. The summed E-state index contributed by atoms with van der Waals surface area (Å²) < 4.78 is 0. The van der Waals surface area contributed by atoms with Gasteiger partial charge in [0.1, 0.15) is 0 Å². The van der Waals surface area contributed by atoms with Gasteiger partial charge in [-0.15, -0.1) is 0 Å². The molecule has 2 N–H and O–H groups in total. The molecule has 0 atom stereocenters. The molecule has 50 valence electrons.